The summed E-state index contributed by atoms with van der Waals surface area (Å²) in [7, 11) is 0. The SMILES string of the molecule is C[C@H](CCO)N=NC(=O)OC(C)(C)C. The average molecular weight is 202 g/mol. The largest absolute Gasteiger partial charge is 0.452 e. The van der Waals surface area contributed by atoms with Gasteiger partial charge in [0.25, 0.3) is 0 Å². The van der Waals surface area contributed by atoms with Crippen LogP contribution >= 0.6 is 0 Å². The predicted octanol–water partition coefficient (Wildman–Crippen LogP) is 2.14. The Hall–Kier alpha value is -0.970. The van der Waals surface area contributed by atoms with Gasteiger partial charge in [0.15, 0.2) is 0 Å². The van der Waals surface area contributed by atoms with E-state index in [9.17, 15) is 4.79 Å². The molecular formula is C9H18N2O3. The van der Waals surface area contributed by atoms with E-state index in [1.807, 2.05) is 0 Å². The highest BCUT2D eigenvalue weighted by Crippen LogP contribution is 2.08. The second kappa shape index (κ2) is 5.70. The molecule has 0 unspecified atom stereocenters. The van der Waals surface area contributed by atoms with E-state index >= 15 is 0 Å². The van der Waals surface area contributed by atoms with E-state index in [4.69, 9.17) is 9.84 Å². The van der Waals surface area contributed by atoms with Crippen LogP contribution in [0.25, 0.3) is 0 Å². The first-order valence-electron chi connectivity index (χ1n) is 4.60. The van der Waals surface area contributed by atoms with Crippen LogP contribution in [-0.4, -0.2) is 29.4 Å². The molecule has 1 amide bonds. The molecule has 0 aromatic carbocycles. The van der Waals surface area contributed by atoms with Gasteiger partial charge in [0.2, 0.25) is 0 Å². The number of rotatable bonds is 3. The Morgan fingerprint density at radius 1 is 1.50 bits per heavy atom. The van der Waals surface area contributed by atoms with Crippen molar-refractivity contribution in [2.45, 2.75) is 45.8 Å². The Morgan fingerprint density at radius 2 is 2.07 bits per heavy atom. The summed E-state index contributed by atoms with van der Waals surface area (Å²) >= 11 is 0. The van der Waals surface area contributed by atoms with Gasteiger partial charge in [-0.1, -0.05) is 5.11 Å². The van der Waals surface area contributed by atoms with Crippen molar-refractivity contribution in [1.29, 1.82) is 0 Å². The molecule has 0 aromatic rings. The van der Waals surface area contributed by atoms with Crippen LogP contribution in [0.1, 0.15) is 34.1 Å². The molecule has 5 heteroatoms. The van der Waals surface area contributed by atoms with E-state index < -0.39 is 11.7 Å². The third-order valence-electron chi connectivity index (χ3n) is 1.28. The Balaban J connectivity index is 3.93. The van der Waals surface area contributed by atoms with Crippen LogP contribution in [0, 0.1) is 0 Å². The second-order valence-electron chi connectivity index (χ2n) is 4.06. The molecule has 0 aliphatic carbocycles. The Morgan fingerprint density at radius 3 is 2.50 bits per heavy atom. The lowest BCUT2D eigenvalue weighted by Gasteiger charge is -2.16. The fraction of sp³-hybridized carbons (Fsp3) is 0.889. The van der Waals surface area contributed by atoms with Crippen molar-refractivity contribution in [3.05, 3.63) is 0 Å². The van der Waals surface area contributed by atoms with Gasteiger partial charge in [-0.05, 0) is 34.1 Å². The quantitative estimate of drug-likeness (QED) is 0.713. The number of ether oxygens (including phenoxy) is 1. The molecule has 14 heavy (non-hydrogen) atoms. The molecule has 0 rings (SSSR count). The zero-order valence-corrected chi connectivity index (χ0v) is 9.15. The molecule has 0 aliphatic heterocycles. The number of hydrogen-bond donors (Lipinski definition) is 1. The van der Waals surface area contributed by atoms with Gasteiger partial charge in [-0.15, -0.1) is 0 Å². The molecular weight excluding hydrogens is 184 g/mol. The van der Waals surface area contributed by atoms with Crippen LogP contribution in [0.5, 0.6) is 0 Å². The maximum atomic E-state index is 11.0. The highest BCUT2D eigenvalue weighted by atomic mass is 16.6. The molecule has 1 atom stereocenters. The monoisotopic (exact) mass is 202 g/mol. The van der Waals surface area contributed by atoms with Gasteiger partial charge in [0.1, 0.15) is 5.60 Å². The minimum atomic E-state index is -0.692. The molecule has 0 aromatic heterocycles. The molecule has 0 fully saturated rings. The fourth-order valence-corrected chi connectivity index (χ4v) is 0.673. The Labute approximate surface area is 84.2 Å². The maximum absolute atomic E-state index is 11.0. The summed E-state index contributed by atoms with van der Waals surface area (Å²) in [4.78, 5) is 11.0. The summed E-state index contributed by atoms with van der Waals surface area (Å²) < 4.78 is 4.90. The molecule has 0 bridgehead atoms. The minimum absolute atomic E-state index is 0.0362. The van der Waals surface area contributed by atoms with E-state index in [2.05, 4.69) is 10.2 Å². The Kier molecular flexibility index (Phi) is 5.30. The van der Waals surface area contributed by atoms with E-state index in [1.54, 1.807) is 27.7 Å². The lowest BCUT2D eigenvalue weighted by molar-refractivity contribution is 0.0587. The fourth-order valence-electron chi connectivity index (χ4n) is 0.673. The number of amides is 1. The van der Waals surface area contributed by atoms with Gasteiger partial charge in [0, 0.05) is 6.61 Å². The molecule has 0 spiro atoms. The van der Waals surface area contributed by atoms with E-state index in [0.717, 1.165) is 0 Å². The number of nitrogens with zero attached hydrogens (tertiary/aromatic N) is 2. The first-order valence-corrected chi connectivity index (χ1v) is 4.60. The summed E-state index contributed by atoms with van der Waals surface area (Å²) in [5, 5.41) is 15.6. The zero-order chi connectivity index (χ0) is 11.2. The van der Waals surface area contributed by atoms with Crippen molar-refractivity contribution in [3.8, 4) is 0 Å². The third kappa shape index (κ3) is 7.67. The van der Waals surface area contributed by atoms with Crippen molar-refractivity contribution >= 4 is 6.09 Å². The number of aliphatic hydroxyl groups is 1. The van der Waals surface area contributed by atoms with Crippen molar-refractivity contribution < 1.29 is 14.6 Å². The van der Waals surface area contributed by atoms with Crippen LogP contribution in [-0.2, 0) is 4.74 Å². The van der Waals surface area contributed by atoms with Gasteiger partial charge in [-0.3, -0.25) is 0 Å². The summed E-state index contributed by atoms with van der Waals surface area (Å²) in [5.74, 6) is 0. The van der Waals surface area contributed by atoms with Crippen LogP contribution < -0.4 is 0 Å². The normalized spacial score (nSPS) is 14.4. The number of carbonyl (C=O) groups excluding carboxylic acids is 1. The third-order valence-corrected chi connectivity index (χ3v) is 1.28. The van der Waals surface area contributed by atoms with Crippen LogP contribution in [0.15, 0.2) is 10.2 Å². The molecule has 0 saturated carbocycles. The zero-order valence-electron chi connectivity index (χ0n) is 9.15. The summed E-state index contributed by atoms with van der Waals surface area (Å²) in [6, 6.07) is -0.160. The summed E-state index contributed by atoms with van der Waals surface area (Å²) in [6.07, 6.45) is -0.200. The number of aliphatic hydroxyl groups excluding tert-OH is 1. The summed E-state index contributed by atoms with van der Waals surface area (Å²) in [5.41, 5.74) is -0.545. The van der Waals surface area contributed by atoms with Gasteiger partial charge in [0.05, 0.1) is 6.04 Å². The molecule has 0 heterocycles. The van der Waals surface area contributed by atoms with Gasteiger partial charge in [-0.2, -0.15) is 5.11 Å². The van der Waals surface area contributed by atoms with Crippen molar-refractivity contribution in [3.63, 3.8) is 0 Å². The van der Waals surface area contributed by atoms with Crippen molar-refractivity contribution in [2.75, 3.05) is 6.61 Å². The predicted molar refractivity (Wildman–Crippen MR) is 52.3 cm³/mol. The van der Waals surface area contributed by atoms with Crippen LogP contribution in [0.3, 0.4) is 0 Å². The summed E-state index contributed by atoms with van der Waals surface area (Å²) in [6.45, 7) is 7.09. The first kappa shape index (κ1) is 13.0. The topological polar surface area (TPSA) is 71.2 Å². The van der Waals surface area contributed by atoms with E-state index in [-0.39, 0.29) is 12.6 Å². The van der Waals surface area contributed by atoms with Gasteiger partial charge in [-0.25, -0.2) is 4.79 Å². The Bertz CT molecular complexity index is 209. The highest BCUT2D eigenvalue weighted by molar-refractivity contribution is 5.67. The van der Waals surface area contributed by atoms with Crippen molar-refractivity contribution in [2.24, 2.45) is 10.2 Å². The van der Waals surface area contributed by atoms with E-state index in [1.165, 1.54) is 0 Å². The standard InChI is InChI=1S/C9H18N2O3/c1-7(5-6-12)10-11-8(13)14-9(2,3)4/h7,12H,5-6H2,1-4H3/t7-/m1/s1. The molecule has 0 radical (unpaired) electrons. The second-order valence-corrected chi connectivity index (χ2v) is 4.06. The minimum Gasteiger partial charge on any atom is -0.441 e. The number of azo groups is 1. The smallest absolute Gasteiger partial charge is 0.441 e. The molecule has 82 valence electrons. The van der Waals surface area contributed by atoms with Crippen LogP contribution in [0.4, 0.5) is 4.79 Å². The van der Waals surface area contributed by atoms with Crippen molar-refractivity contribution in [1.82, 2.24) is 0 Å². The number of hydrogen-bond acceptors (Lipinski definition) is 4. The maximum Gasteiger partial charge on any atom is 0.452 e. The van der Waals surface area contributed by atoms with E-state index in [0.29, 0.717) is 6.42 Å². The number of carbonyl (C=O) groups is 1. The lowest BCUT2D eigenvalue weighted by atomic mass is 10.2. The van der Waals surface area contributed by atoms with Gasteiger partial charge < -0.3 is 9.84 Å². The molecule has 5 nitrogen and oxygen atoms in total. The molecule has 0 saturated heterocycles. The average Bonchev–Trinajstić information content (AvgIpc) is 1.98. The first-order chi connectivity index (χ1) is 6.35. The lowest BCUT2D eigenvalue weighted by Crippen LogP contribution is -2.21. The van der Waals surface area contributed by atoms with Crippen LogP contribution in [0.2, 0.25) is 0 Å². The highest BCUT2D eigenvalue weighted by Gasteiger charge is 2.15. The molecule has 0 aliphatic rings. The molecule has 1 N–H and O–H groups in total. The van der Waals surface area contributed by atoms with Gasteiger partial charge >= 0.3 is 6.09 Å².